The van der Waals surface area contributed by atoms with E-state index in [2.05, 4.69) is 16.9 Å². The van der Waals surface area contributed by atoms with Crippen molar-refractivity contribution >= 4 is 11.8 Å². The van der Waals surface area contributed by atoms with Gasteiger partial charge in [-0.2, -0.15) is 0 Å². The fourth-order valence-electron chi connectivity index (χ4n) is 0.866. The molecule has 0 aliphatic rings. The summed E-state index contributed by atoms with van der Waals surface area (Å²) in [7, 11) is 0. The van der Waals surface area contributed by atoms with E-state index in [0.29, 0.717) is 0 Å². The monoisotopic (exact) mass is 168 g/mol. The second-order valence-corrected chi connectivity index (χ2v) is 3.10. The van der Waals surface area contributed by atoms with E-state index in [-0.39, 0.29) is 0 Å². The lowest BCUT2D eigenvalue weighted by molar-refractivity contribution is 0.867. The molecule has 0 atom stereocenters. The summed E-state index contributed by atoms with van der Waals surface area (Å²) in [4.78, 5) is 8.34. The quantitative estimate of drug-likeness (QED) is 0.511. The Kier molecular flexibility index (Phi) is 3.36. The third kappa shape index (κ3) is 2.50. The lowest BCUT2D eigenvalue weighted by Crippen LogP contribution is -1.89. The first-order chi connectivity index (χ1) is 5.36. The third-order valence-corrected chi connectivity index (χ3v) is 1.98. The molecule has 3 heteroatoms. The fourth-order valence-corrected chi connectivity index (χ4v) is 1.18. The van der Waals surface area contributed by atoms with Crippen LogP contribution in [0, 0.1) is 0 Å². The van der Waals surface area contributed by atoms with Crippen molar-refractivity contribution in [1.82, 2.24) is 9.97 Å². The van der Waals surface area contributed by atoms with Gasteiger partial charge in [0, 0.05) is 12.4 Å². The highest BCUT2D eigenvalue weighted by atomic mass is 32.2. The van der Waals surface area contributed by atoms with Crippen LogP contribution in [-0.2, 0) is 6.42 Å². The van der Waals surface area contributed by atoms with Gasteiger partial charge in [0.1, 0.15) is 0 Å². The van der Waals surface area contributed by atoms with Gasteiger partial charge in [0.25, 0.3) is 0 Å². The Morgan fingerprint density at radius 3 is 2.45 bits per heavy atom. The zero-order chi connectivity index (χ0) is 8.10. The van der Waals surface area contributed by atoms with Crippen molar-refractivity contribution in [3.8, 4) is 0 Å². The van der Waals surface area contributed by atoms with E-state index in [9.17, 15) is 0 Å². The molecule has 0 N–H and O–H groups in total. The predicted octanol–water partition coefficient (Wildman–Crippen LogP) is 2.15. The summed E-state index contributed by atoms with van der Waals surface area (Å²) in [6, 6.07) is 0. The van der Waals surface area contributed by atoms with Crippen molar-refractivity contribution in [3.05, 3.63) is 18.0 Å². The van der Waals surface area contributed by atoms with Gasteiger partial charge in [-0.15, -0.1) is 0 Å². The Hall–Kier alpha value is -0.570. The van der Waals surface area contributed by atoms with Crippen molar-refractivity contribution < 1.29 is 0 Å². The molecule has 0 saturated heterocycles. The summed E-state index contributed by atoms with van der Waals surface area (Å²) in [5, 5.41) is 0.852. The van der Waals surface area contributed by atoms with Crippen LogP contribution in [-0.4, -0.2) is 16.2 Å². The molecule has 0 spiro atoms. The number of hydrogen-bond donors (Lipinski definition) is 0. The molecule has 0 amide bonds. The second-order valence-electron chi connectivity index (χ2n) is 2.33. The molecule has 0 aliphatic heterocycles. The van der Waals surface area contributed by atoms with Crippen molar-refractivity contribution in [2.75, 3.05) is 6.26 Å². The van der Waals surface area contributed by atoms with E-state index >= 15 is 0 Å². The van der Waals surface area contributed by atoms with Gasteiger partial charge in [0.15, 0.2) is 5.16 Å². The lowest BCUT2D eigenvalue weighted by atomic mass is 10.2. The molecule has 11 heavy (non-hydrogen) atoms. The number of thioether (sulfide) groups is 1. The highest BCUT2D eigenvalue weighted by molar-refractivity contribution is 7.98. The molecule has 0 saturated carbocycles. The normalized spacial score (nSPS) is 10.0. The molecule has 0 aliphatic carbocycles. The van der Waals surface area contributed by atoms with Crippen LogP contribution in [0.15, 0.2) is 17.6 Å². The van der Waals surface area contributed by atoms with Gasteiger partial charge < -0.3 is 0 Å². The molecule has 0 bridgehead atoms. The Bertz CT molecular complexity index is 208. The van der Waals surface area contributed by atoms with E-state index in [4.69, 9.17) is 0 Å². The van der Waals surface area contributed by atoms with Crippen LogP contribution in [0.4, 0.5) is 0 Å². The maximum Gasteiger partial charge on any atom is 0.187 e. The topological polar surface area (TPSA) is 25.8 Å². The average molecular weight is 168 g/mol. The molecule has 1 heterocycles. The van der Waals surface area contributed by atoms with Crippen LogP contribution in [0.25, 0.3) is 0 Å². The summed E-state index contributed by atoms with van der Waals surface area (Å²) in [6.45, 7) is 2.16. The maximum atomic E-state index is 4.17. The number of hydrogen-bond acceptors (Lipinski definition) is 3. The van der Waals surface area contributed by atoms with Crippen molar-refractivity contribution in [2.45, 2.75) is 24.9 Å². The Balaban J connectivity index is 2.66. The molecule has 1 rings (SSSR count). The SMILES string of the molecule is CCCc1cnc(SC)nc1. The minimum absolute atomic E-state index is 0.852. The van der Waals surface area contributed by atoms with Crippen molar-refractivity contribution in [1.29, 1.82) is 0 Å². The zero-order valence-electron chi connectivity index (χ0n) is 6.87. The molecule has 1 aromatic heterocycles. The molecule has 1 aromatic rings. The standard InChI is InChI=1S/C8H12N2S/c1-3-4-7-5-9-8(11-2)10-6-7/h5-6H,3-4H2,1-2H3. The minimum atomic E-state index is 0.852. The first kappa shape index (κ1) is 8.53. The molecule has 0 fully saturated rings. The van der Waals surface area contributed by atoms with Gasteiger partial charge in [-0.05, 0) is 18.2 Å². The molecular weight excluding hydrogens is 156 g/mol. The fraction of sp³-hybridized carbons (Fsp3) is 0.500. The van der Waals surface area contributed by atoms with E-state index in [1.54, 1.807) is 11.8 Å². The van der Waals surface area contributed by atoms with Crippen LogP contribution >= 0.6 is 11.8 Å². The van der Waals surface area contributed by atoms with E-state index in [1.165, 1.54) is 5.56 Å². The highest BCUT2D eigenvalue weighted by Crippen LogP contribution is 2.07. The zero-order valence-corrected chi connectivity index (χ0v) is 7.69. The number of aryl methyl sites for hydroxylation is 1. The minimum Gasteiger partial charge on any atom is -0.231 e. The Labute approximate surface area is 71.5 Å². The van der Waals surface area contributed by atoms with Crippen LogP contribution in [0.5, 0.6) is 0 Å². The van der Waals surface area contributed by atoms with Crippen molar-refractivity contribution in [3.63, 3.8) is 0 Å². The molecule has 0 unspecified atom stereocenters. The van der Waals surface area contributed by atoms with Crippen molar-refractivity contribution in [2.24, 2.45) is 0 Å². The van der Waals surface area contributed by atoms with E-state index in [0.717, 1.165) is 18.0 Å². The molecule has 60 valence electrons. The highest BCUT2D eigenvalue weighted by Gasteiger charge is 1.93. The molecule has 2 nitrogen and oxygen atoms in total. The van der Waals surface area contributed by atoms with E-state index in [1.807, 2.05) is 18.6 Å². The summed E-state index contributed by atoms with van der Waals surface area (Å²) in [5.74, 6) is 0. The van der Waals surface area contributed by atoms with Gasteiger partial charge in [-0.1, -0.05) is 25.1 Å². The Morgan fingerprint density at radius 1 is 1.36 bits per heavy atom. The first-order valence-electron chi connectivity index (χ1n) is 3.71. The van der Waals surface area contributed by atoms with Gasteiger partial charge in [-0.3, -0.25) is 0 Å². The lowest BCUT2D eigenvalue weighted by Gasteiger charge is -1.97. The van der Waals surface area contributed by atoms with E-state index < -0.39 is 0 Å². The number of rotatable bonds is 3. The molecular formula is C8H12N2S. The van der Waals surface area contributed by atoms with Gasteiger partial charge in [0.05, 0.1) is 0 Å². The smallest absolute Gasteiger partial charge is 0.187 e. The number of nitrogens with zero attached hydrogens (tertiary/aromatic N) is 2. The van der Waals surface area contributed by atoms with Crippen LogP contribution in [0.1, 0.15) is 18.9 Å². The summed E-state index contributed by atoms with van der Waals surface area (Å²) in [5.41, 5.74) is 1.23. The largest absolute Gasteiger partial charge is 0.231 e. The number of aromatic nitrogens is 2. The second kappa shape index (κ2) is 4.34. The predicted molar refractivity (Wildman–Crippen MR) is 47.8 cm³/mol. The Morgan fingerprint density at radius 2 is 2.00 bits per heavy atom. The van der Waals surface area contributed by atoms with Gasteiger partial charge in [-0.25, -0.2) is 9.97 Å². The average Bonchev–Trinajstić information content (AvgIpc) is 2.07. The maximum absolute atomic E-state index is 4.17. The van der Waals surface area contributed by atoms with Gasteiger partial charge >= 0.3 is 0 Å². The molecule has 0 radical (unpaired) electrons. The van der Waals surface area contributed by atoms with Crippen LogP contribution in [0.3, 0.4) is 0 Å². The third-order valence-electron chi connectivity index (χ3n) is 1.40. The van der Waals surface area contributed by atoms with Crippen LogP contribution in [0.2, 0.25) is 0 Å². The van der Waals surface area contributed by atoms with Gasteiger partial charge in [0.2, 0.25) is 0 Å². The van der Waals surface area contributed by atoms with Crippen LogP contribution < -0.4 is 0 Å². The summed E-state index contributed by atoms with van der Waals surface area (Å²) >= 11 is 1.57. The summed E-state index contributed by atoms with van der Waals surface area (Å²) < 4.78 is 0. The molecule has 0 aromatic carbocycles. The first-order valence-corrected chi connectivity index (χ1v) is 4.94. The summed E-state index contributed by atoms with van der Waals surface area (Å²) in [6.07, 6.45) is 8.02.